The van der Waals surface area contributed by atoms with Crippen LogP contribution in [0.15, 0.2) is 24.3 Å². The van der Waals surface area contributed by atoms with Crippen molar-refractivity contribution in [1.82, 2.24) is 14.7 Å². The molecule has 1 aromatic heterocycles. The van der Waals surface area contributed by atoms with E-state index in [2.05, 4.69) is 43.2 Å². The highest BCUT2D eigenvalue weighted by Gasteiger charge is 2.30. The fraction of sp³-hybridized carbons (Fsp3) is 0.522. The van der Waals surface area contributed by atoms with Crippen molar-refractivity contribution in [3.05, 3.63) is 52.3 Å². The Morgan fingerprint density at radius 1 is 1.07 bits per heavy atom. The second-order valence-corrected chi connectivity index (χ2v) is 8.20. The van der Waals surface area contributed by atoms with Crippen LogP contribution in [0.5, 0.6) is 0 Å². The van der Waals surface area contributed by atoms with Gasteiger partial charge in [0.25, 0.3) is 5.91 Å². The maximum atomic E-state index is 12.7. The third-order valence-corrected chi connectivity index (χ3v) is 5.85. The Kier molecular flexibility index (Phi) is 6.40. The average Bonchev–Trinajstić information content (AvgIpc) is 2.95. The number of esters is 1. The zero-order valence-corrected chi connectivity index (χ0v) is 18.1. The molecule has 0 N–H and O–H groups in total. The molecule has 3 rings (SSSR count). The Bertz CT molecular complexity index is 876. The number of carbonyl (C=O) groups is 2. The minimum Gasteiger partial charge on any atom is -0.452 e. The second-order valence-electron chi connectivity index (χ2n) is 8.20. The van der Waals surface area contributed by atoms with E-state index in [0.29, 0.717) is 17.8 Å². The molecule has 0 aliphatic carbocycles. The first-order valence-corrected chi connectivity index (χ1v) is 10.4. The van der Waals surface area contributed by atoms with Gasteiger partial charge in [0.05, 0.1) is 17.9 Å². The standard InChI is InChI=1S/C23H31N3O3/c1-15-9-11-20(12-10-15)13-25-19(5)22(18(4)24-25)23(28)29-14-21(27)26-16(2)7-6-8-17(26)3/h9-12,16-17H,6-8,13-14H2,1-5H3/t16-,17+. The topological polar surface area (TPSA) is 64.4 Å². The molecular weight excluding hydrogens is 366 g/mol. The fourth-order valence-corrected chi connectivity index (χ4v) is 4.20. The number of ether oxygens (including phenoxy) is 1. The lowest BCUT2D eigenvalue weighted by Crippen LogP contribution is -2.49. The molecule has 6 heteroatoms. The average molecular weight is 398 g/mol. The van der Waals surface area contributed by atoms with E-state index in [4.69, 9.17) is 4.74 Å². The van der Waals surface area contributed by atoms with E-state index in [0.717, 1.165) is 30.5 Å². The van der Waals surface area contributed by atoms with Crippen LogP contribution in [-0.4, -0.2) is 45.2 Å². The number of nitrogens with zero attached hydrogens (tertiary/aromatic N) is 3. The molecule has 1 amide bonds. The second kappa shape index (κ2) is 8.80. The minimum absolute atomic E-state index is 0.125. The number of aromatic nitrogens is 2. The molecule has 0 saturated carbocycles. The number of hydrogen-bond donors (Lipinski definition) is 0. The maximum Gasteiger partial charge on any atom is 0.342 e. The molecule has 1 aliphatic rings. The van der Waals surface area contributed by atoms with Gasteiger partial charge in [-0.25, -0.2) is 4.79 Å². The maximum absolute atomic E-state index is 12.7. The highest BCUT2D eigenvalue weighted by molar-refractivity contribution is 5.93. The van der Waals surface area contributed by atoms with Crippen molar-refractivity contribution in [2.75, 3.05) is 6.61 Å². The molecule has 0 radical (unpaired) electrons. The molecule has 0 spiro atoms. The van der Waals surface area contributed by atoms with Crippen LogP contribution >= 0.6 is 0 Å². The van der Waals surface area contributed by atoms with Gasteiger partial charge < -0.3 is 9.64 Å². The van der Waals surface area contributed by atoms with E-state index in [9.17, 15) is 9.59 Å². The van der Waals surface area contributed by atoms with Gasteiger partial charge in [-0.15, -0.1) is 0 Å². The zero-order chi connectivity index (χ0) is 21.1. The molecule has 1 aliphatic heterocycles. The zero-order valence-electron chi connectivity index (χ0n) is 18.1. The SMILES string of the molecule is Cc1ccc(Cn2nc(C)c(C(=O)OCC(=O)N3[C@H](C)CCC[C@@H]3C)c2C)cc1. The van der Waals surface area contributed by atoms with Gasteiger partial charge in [-0.2, -0.15) is 5.10 Å². The molecule has 1 saturated heterocycles. The van der Waals surface area contributed by atoms with Crippen molar-refractivity contribution >= 4 is 11.9 Å². The van der Waals surface area contributed by atoms with Crippen molar-refractivity contribution in [3.63, 3.8) is 0 Å². The van der Waals surface area contributed by atoms with E-state index in [1.807, 2.05) is 23.4 Å². The van der Waals surface area contributed by atoms with Crippen molar-refractivity contribution < 1.29 is 14.3 Å². The molecular formula is C23H31N3O3. The molecule has 156 valence electrons. The van der Waals surface area contributed by atoms with Gasteiger partial charge in [0.2, 0.25) is 0 Å². The number of aryl methyl sites for hydroxylation is 2. The summed E-state index contributed by atoms with van der Waals surface area (Å²) >= 11 is 0. The fourth-order valence-electron chi connectivity index (χ4n) is 4.20. The predicted octanol–water partition coefficient (Wildman–Crippen LogP) is 3.80. The van der Waals surface area contributed by atoms with Gasteiger partial charge >= 0.3 is 5.97 Å². The summed E-state index contributed by atoms with van der Waals surface area (Å²) < 4.78 is 7.21. The first-order valence-electron chi connectivity index (χ1n) is 10.4. The summed E-state index contributed by atoms with van der Waals surface area (Å²) in [6.07, 6.45) is 3.12. The van der Waals surface area contributed by atoms with Crippen molar-refractivity contribution in [2.45, 2.75) is 72.5 Å². The monoisotopic (exact) mass is 397 g/mol. The Morgan fingerprint density at radius 3 is 2.31 bits per heavy atom. The largest absolute Gasteiger partial charge is 0.452 e. The van der Waals surface area contributed by atoms with E-state index < -0.39 is 5.97 Å². The van der Waals surface area contributed by atoms with E-state index in [1.165, 1.54) is 5.56 Å². The summed E-state index contributed by atoms with van der Waals surface area (Å²) in [5.41, 5.74) is 4.13. The van der Waals surface area contributed by atoms with Crippen LogP contribution < -0.4 is 0 Å². The van der Waals surface area contributed by atoms with E-state index in [1.54, 1.807) is 6.92 Å². The van der Waals surface area contributed by atoms with E-state index >= 15 is 0 Å². The summed E-state index contributed by atoms with van der Waals surface area (Å²) in [7, 11) is 0. The Morgan fingerprint density at radius 2 is 1.69 bits per heavy atom. The van der Waals surface area contributed by atoms with Crippen LogP contribution in [-0.2, 0) is 16.1 Å². The molecule has 0 unspecified atom stereocenters. The minimum atomic E-state index is -0.485. The summed E-state index contributed by atoms with van der Waals surface area (Å²) in [4.78, 5) is 27.2. The lowest BCUT2D eigenvalue weighted by molar-refractivity contribution is -0.140. The molecule has 1 aromatic carbocycles. The first kappa shape index (κ1) is 21.1. The summed E-state index contributed by atoms with van der Waals surface area (Å²) in [5, 5.41) is 4.51. The van der Waals surface area contributed by atoms with Crippen molar-refractivity contribution in [3.8, 4) is 0 Å². The highest BCUT2D eigenvalue weighted by Crippen LogP contribution is 2.23. The van der Waals surface area contributed by atoms with Crippen LogP contribution in [0.3, 0.4) is 0 Å². The van der Waals surface area contributed by atoms with Gasteiger partial charge in [0.15, 0.2) is 6.61 Å². The number of hydrogen-bond acceptors (Lipinski definition) is 4. The smallest absolute Gasteiger partial charge is 0.342 e. The Balaban J connectivity index is 1.67. The normalized spacial score (nSPS) is 19.3. The summed E-state index contributed by atoms with van der Waals surface area (Å²) in [6, 6.07) is 8.61. The van der Waals surface area contributed by atoms with Crippen LogP contribution in [0.25, 0.3) is 0 Å². The quantitative estimate of drug-likeness (QED) is 0.720. The van der Waals surface area contributed by atoms with Gasteiger partial charge in [-0.05, 0) is 59.4 Å². The third kappa shape index (κ3) is 4.69. The lowest BCUT2D eigenvalue weighted by Gasteiger charge is -2.38. The van der Waals surface area contributed by atoms with Crippen LogP contribution in [0.1, 0.15) is 66.0 Å². The van der Waals surface area contributed by atoms with Crippen molar-refractivity contribution in [2.24, 2.45) is 0 Å². The van der Waals surface area contributed by atoms with Gasteiger partial charge in [0.1, 0.15) is 5.56 Å². The summed E-state index contributed by atoms with van der Waals surface area (Å²) in [5.74, 6) is -0.610. The Hall–Kier alpha value is -2.63. The molecule has 6 nitrogen and oxygen atoms in total. The van der Waals surface area contributed by atoms with Crippen LogP contribution in [0, 0.1) is 20.8 Å². The molecule has 1 fully saturated rings. The lowest BCUT2D eigenvalue weighted by atomic mass is 9.97. The van der Waals surface area contributed by atoms with E-state index in [-0.39, 0.29) is 24.6 Å². The van der Waals surface area contributed by atoms with Gasteiger partial charge in [0, 0.05) is 12.1 Å². The first-order chi connectivity index (χ1) is 13.8. The molecule has 2 atom stereocenters. The van der Waals surface area contributed by atoms with Gasteiger partial charge in [-0.3, -0.25) is 9.48 Å². The van der Waals surface area contributed by atoms with Crippen LogP contribution in [0.2, 0.25) is 0 Å². The predicted molar refractivity (Wildman–Crippen MR) is 112 cm³/mol. The Labute approximate surface area is 172 Å². The van der Waals surface area contributed by atoms with Gasteiger partial charge in [-0.1, -0.05) is 29.8 Å². The number of benzene rings is 1. The number of likely N-dealkylation sites (tertiary alicyclic amines) is 1. The number of carbonyl (C=O) groups excluding carboxylic acids is 2. The van der Waals surface area contributed by atoms with Crippen LogP contribution in [0.4, 0.5) is 0 Å². The number of rotatable bonds is 5. The molecule has 0 bridgehead atoms. The number of piperidine rings is 1. The molecule has 2 aromatic rings. The molecule has 2 heterocycles. The van der Waals surface area contributed by atoms with Crippen molar-refractivity contribution in [1.29, 1.82) is 0 Å². The highest BCUT2D eigenvalue weighted by atomic mass is 16.5. The third-order valence-electron chi connectivity index (χ3n) is 5.85. The molecule has 29 heavy (non-hydrogen) atoms. The summed E-state index contributed by atoms with van der Waals surface area (Å²) in [6.45, 7) is 10.2. The number of amides is 1.